The standard InChI is InChI=1S/C7H8NOS/c1-6(4-9)8-7-2-3-10-5-7/h2-3,5-6,8H,1H3/t6-/m0/s1. The molecular formula is C7H8NOS. The summed E-state index contributed by atoms with van der Waals surface area (Å²) >= 11 is 1.60. The van der Waals surface area contributed by atoms with E-state index in [4.69, 9.17) is 0 Å². The summed E-state index contributed by atoms with van der Waals surface area (Å²) in [6.07, 6.45) is 1.85. The van der Waals surface area contributed by atoms with E-state index in [0.717, 1.165) is 5.69 Å². The normalized spacial score (nSPS) is 12.5. The molecule has 0 aliphatic carbocycles. The average Bonchev–Trinajstić information content (AvgIpc) is 2.40. The van der Waals surface area contributed by atoms with E-state index in [0.29, 0.717) is 0 Å². The summed E-state index contributed by atoms with van der Waals surface area (Å²) in [5, 5.41) is 6.87. The van der Waals surface area contributed by atoms with Crippen LogP contribution in [0, 0.1) is 0 Å². The first-order valence-corrected chi connectivity index (χ1v) is 3.93. The van der Waals surface area contributed by atoms with Crippen molar-refractivity contribution in [2.45, 2.75) is 13.0 Å². The highest BCUT2D eigenvalue weighted by molar-refractivity contribution is 7.08. The minimum atomic E-state index is -0.213. The first-order valence-electron chi connectivity index (χ1n) is 2.99. The zero-order valence-corrected chi connectivity index (χ0v) is 6.44. The van der Waals surface area contributed by atoms with Crippen LogP contribution in [0.4, 0.5) is 5.69 Å². The van der Waals surface area contributed by atoms with Gasteiger partial charge >= 0.3 is 0 Å². The van der Waals surface area contributed by atoms with Crippen LogP contribution >= 0.6 is 11.3 Å². The molecule has 0 saturated carbocycles. The largest absolute Gasteiger partial charge is 0.374 e. The topological polar surface area (TPSA) is 29.1 Å². The summed E-state index contributed by atoms with van der Waals surface area (Å²) in [5.74, 6) is 0. The molecule has 1 aromatic rings. The average molecular weight is 154 g/mol. The fourth-order valence-electron chi connectivity index (χ4n) is 0.626. The van der Waals surface area contributed by atoms with E-state index >= 15 is 0 Å². The second kappa shape index (κ2) is 3.37. The molecular weight excluding hydrogens is 146 g/mol. The molecule has 1 atom stereocenters. The SMILES string of the molecule is C[C@@H]([C]=O)Nc1ccsc1. The summed E-state index contributed by atoms with van der Waals surface area (Å²) in [7, 11) is 0. The molecule has 2 nitrogen and oxygen atoms in total. The molecule has 1 N–H and O–H groups in total. The van der Waals surface area contributed by atoms with Crippen LogP contribution in [0.1, 0.15) is 6.92 Å². The predicted molar refractivity (Wildman–Crippen MR) is 43.1 cm³/mol. The van der Waals surface area contributed by atoms with E-state index in [1.807, 2.05) is 23.1 Å². The van der Waals surface area contributed by atoms with Gasteiger partial charge < -0.3 is 5.32 Å². The highest BCUT2D eigenvalue weighted by Gasteiger charge is 1.98. The lowest BCUT2D eigenvalue weighted by Crippen LogP contribution is -2.15. The van der Waals surface area contributed by atoms with Crippen molar-refractivity contribution in [2.75, 3.05) is 5.32 Å². The number of hydrogen-bond donors (Lipinski definition) is 1. The summed E-state index contributed by atoms with van der Waals surface area (Å²) in [6, 6.07) is 1.72. The second-order valence-corrected chi connectivity index (χ2v) is 2.78. The molecule has 1 rings (SSSR count). The molecule has 1 aromatic heterocycles. The highest BCUT2D eigenvalue weighted by atomic mass is 32.1. The lowest BCUT2D eigenvalue weighted by atomic mass is 10.3. The Balaban J connectivity index is 2.47. The predicted octanol–water partition coefficient (Wildman–Crippen LogP) is 1.66. The molecule has 0 aromatic carbocycles. The van der Waals surface area contributed by atoms with Crippen molar-refractivity contribution in [3.05, 3.63) is 16.8 Å². The fraction of sp³-hybridized carbons (Fsp3) is 0.286. The van der Waals surface area contributed by atoms with Crippen molar-refractivity contribution in [2.24, 2.45) is 0 Å². The van der Waals surface area contributed by atoms with Crippen molar-refractivity contribution in [3.63, 3.8) is 0 Å². The quantitative estimate of drug-likeness (QED) is 0.717. The van der Waals surface area contributed by atoms with Gasteiger partial charge in [0.15, 0.2) is 0 Å². The molecule has 0 aliphatic heterocycles. The molecule has 53 valence electrons. The number of anilines is 1. The van der Waals surface area contributed by atoms with Gasteiger partial charge in [-0.1, -0.05) is 0 Å². The maximum absolute atomic E-state index is 10.0. The van der Waals surface area contributed by atoms with Gasteiger partial charge in [-0.2, -0.15) is 11.3 Å². The first-order chi connectivity index (χ1) is 4.83. The van der Waals surface area contributed by atoms with Crippen LogP contribution in [0.2, 0.25) is 0 Å². The minimum Gasteiger partial charge on any atom is -0.374 e. The molecule has 0 bridgehead atoms. The van der Waals surface area contributed by atoms with Crippen molar-refractivity contribution < 1.29 is 4.79 Å². The summed E-state index contributed by atoms with van der Waals surface area (Å²) in [4.78, 5) is 10.0. The Bertz CT molecular complexity index is 195. The van der Waals surface area contributed by atoms with E-state index in [1.165, 1.54) is 0 Å². The third-order valence-corrected chi connectivity index (χ3v) is 1.76. The van der Waals surface area contributed by atoms with Crippen molar-refractivity contribution in [3.8, 4) is 0 Å². The van der Waals surface area contributed by atoms with Gasteiger partial charge in [-0.05, 0) is 18.4 Å². The van der Waals surface area contributed by atoms with E-state index < -0.39 is 0 Å². The van der Waals surface area contributed by atoms with Gasteiger partial charge in [0, 0.05) is 11.1 Å². The van der Waals surface area contributed by atoms with Crippen LogP contribution in [0.5, 0.6) is 0 Å². The molecule has 0 spiro atoms. The van der Waals surface area contributed by atoms with Crippen LogP contribution in [0.25, 0.3) is 0 Å². The molecule has 0 saturated heterocycles. The Morgan fingerprint density at radius 2 is 2.60 bits per heavy atom. The maximum Gasteiger partial charge on any atom is 0.222 e. The van der Waals surface area contributed by atoms with Gasteiger partial charge in [-0.25, -0.2) is 0 Å². The van der Waals surface area contributed by atoms with Gasteiger partial charge in [-0.15, -0.1) is 0 Å². The number of thiophene rings is 1. The molecule has 1 radical (unpaired) electrons. The maximum atomic E-state index is 10.0. The molecule has 0 fully saturated rings. The zero-order valence-electron chi connectivity index (χ0n) is 5.63. The van der Waals surface area contributed by atoms with Crippen molar-refractivity contribution in [1.29, 1.82) is 0 Å². The lowest BCUT2D eigenvalue weighted by molar-refractivity contribution is 0.549. The number of hydrogen-bond acceptors (Lipinski definition) is 3. The third kappa shape index (κ3) is 1.84. The smallest absolute Gasteiger partial charge is 0.222 e. The number of nitrogens with one attached hydrogen (secondary N) is 1. The van der Waals surface area contributed by atoms with E-state index in [9.17, 15) is 4.79 Å². The Kier molecular flexibility index (Phi) is 2.45. The Hall–Kier alpha value is -0.830. The third-order valence-electron chi connectivity index (χ3n) is 1.08. The van der Waals surface area contributed by atoms with Crippen molar-refractivity contribution >= 4 is 23.3 Å². The summed E-state index contributed by atoms with van der Waals surface area (Å²) in [5.41, 5.74) is 0.987. The molecule has 3 heteroatoms. The lowest BCUT2D eigenvalue weighted by Gasteiger charge is -2.03. The van der Waals surface area contributed by atoms with Crippen LogP contribution in [0.3, 0.4) is 0 Å². The Morgan fingerprint density at radius 1 is 1.80 bits per heavy atom. The van der Waals surface area contributed by atoms with E-state index in [-0.39, 0.29) is 6.04 Å². The van der Waals surface area contributed by atoms with Gasteiger partial charge in [-0.3, -0.25) is 4.79 Å². The van der Waals surface area contributed by atoms with Gasteiger partial charge in [0.2, 0.25) is 6.29 Å². The van der Waals surface area contributed by atoms with Crippen LogP contribution in [-0.4, -0.2) is 12.3 Å². The number of carbonyl (C=O) groups excluding carboxylic acids is 1. The molecule has 10 heavy (non-hydrogen) atoms. The van der Waals surface area contributed by atoms with Gasteiger partial charge in [0.25, 0.3) is 0 Å². The Morgan fingerprint density at radius 3 is 3.10 bits per heavy atom. The van der Waals surface area contributed by atoms with E-state index in [1.54, 1.807) is 18.3 Å². The highest BCUT2D eigenvalue weighted by Crippen LogP contribution is 2.11. The molecule has 1 heterocycles. The summed E-state index contributed by atoms with van der Waals surface area (Å²) < 4.78 is 0. The Labute approximate surface area is 63.9 Å². The minimum absolute atomic E-state index is 0.213. The second-order valence-electron chi connectivity index (χ2n) is 2.00. The summed E-state index contributed by atoms with van der Waals surface area (Å²) in [6.45, 7) is 1.77. The fourth-order valence-corrected chi connectivity index (χ4v) is 1.22. The van der Waals surface area contributed by atoms with Crippen LogP contribution in [-0.2, 0) is 4.79 Å². The zero-order chi connectivity index (χ0) is 7.40. The van der Waals surface area contributed by atoms with Crippen LogP contribution in [0.15, 0.2) is 16.8 Å². The van der Waals surface area contributed by atoms with Crippen LogP contribution < -0.4 is 5.32 Å². The number of rotatable bonds is 3. The first kappa shape index (κ1) is 7.28. The molecule has 0 aliphatic rings. The van der Waals surface area contributed by atoms with Crippen molar-refractivity contribution in [1.82, 2.24) is 0 Å². The molecule has 0 unspecified atom stereocenters. The van der Waals surface area contributed by atoms with E-state index in [2.05, 4.69) is 5.32 Å². The monoisotopic (exact) mass is 154 g/mol. The van der Waals surface area contributed by atoms with Gasteiger partial charge in [0.1, 0.15) is 0 Å². The molecule has 0 amide bonds. The van der Waals surface area contributed by atoms with Gasteiger partial charge in [0.05, 0.1) is 6.04 Å².